The van der Waals surface area contributed by atoms with E-state index in [4.69, 9.17) is 16.3 Å². The van der Waals surface area contributed by atoms with Crippen molar-refractivity contribution in [3.63, 3.8) is 0 Å². The lowest BCUT2D eigenvalue weighted by molar-refractivity contribution is 0.373. The highest BCUT2D eigenvalue weighted by Crippen LogP contribution is 2.30. The summed E-state index contributed by atoms with van der Waals surface area (Å²) >= 11 is 5.86. The van der Waals surface area contributed by atoms with Gasteiger partial charge < -0.3 is 9.84 Å². The Morgan fingerprint density at radius 3 is 2.52 bits per heavy atom. The number of aromatic hydroxyl groups is 1. The van der Waals surface area contributed by atoms with Gasteiger partial charge in [0.1, 0.15) is 0 Å². The Balaban J connectivity index is 1.96. The Bertz CT molecular complexity index is 769. The number of nitrogens with one attached hydrogen (secondary N) is 1. The van der Waals surface area contributed by atoms with Gasteiger partial charge in [-0.05, 0) is 42.5 Å². The average Bonchev–Trinajstić information content (AvgIpc) is 2.98. The Kier molecular flexibility index (Phi) is 3.50. The highest BCUT2D eigenvalue weighted by Gasteiger charge is 2.10. The second kappa shape index (κ2) is 5.46. The fourth-order valence-corrected chi connectivity index (χ4v) is 2.07. The normalized spacial score (nSPS) is 10.6. The van der Waals surface area contributed by atoms with Gasteiger partial charge in [0.05, 0.1) is 7.11 Å². The van der Waals surface area contributed by atoms with E-state index in [1.807, 2.05) is 12.1 Å². The largest absolute Gasteiger partial charge is 0.504 e. The molecule has 2 aromatic carbocycles. The zero-order valence-electron chi connectivity index (χ0n) is 11.2. The van der Waals surface area contributed by atoms with Gasteiger partial charge in [0, 0.05) is 16.1 Å². The topological polar surface area (TPSA) is 71.0 Å². The molecule has 0 aliphatic heterocycles. The summed E-state index contributed by atoms with van der Waals surface area (Å²) in [6.45, 7) is 0. The van der Waals surface area contributed by atoms with Crippen molar-refractivity contribution in [2.24, 2.45) is 0 Å². The first-order valence-corrected chi connectivity index (χ1v) is 6.61. The molecule has 0 saturated heterocycles. The number of ether oxygens (including phenoxy) is 1. The molecule has 0 fully saturated rings. The second-order valence-corrected chi connectivity index (χ2v) is 4.84. The molecule has 2 N–H and O–H groups in total. The summed E-state index contributed by atoms with van der Waals surface area (Å²) in [5.74, 6) is 1.63. The van der Waals surface area contributed by atoms with Gasteiger partial charge >= 0.3 is 0 Å². The van der Waals surface area contributed by atoms with Gasteiger partial charge in [0.15, 0.2) is 23.1 Å². The van der Waals surface area contributed by atoms with Crippen LogP contribution in [0.25, 0.3) is 22.8 Å². The lowest BCUT2D eigenvalue weighted by atomic mass is 10.2. The minimum Gasteiger partial charge on any atom is -0.504 e. The quantitative estimate of drug-likeness (QED) is 0.776. The van der Waals surface area contributed by atoms with Gasteiger partial charge in [-0.25, -0.2) is 4.98 Å². The molecular formula is C15H12ClN3O2. The number of hydrogen-bond donors (Lipinski definition) is 2. The molecule has 0 aliphatic rings. The third-order valence-corrected chi connectivity index (χ3v) is 3.29. The number of phenolic OH excluding ortho intramolecular Hbond substituents is 1. The van der Waals surface area contributed by atoms with Crippen LogP contribution in [0.3, 0.4) is 0 Å². The predicted octanol–water partition coefficient (Wildman–Crippen LogP) is 3.51. The number of phenols is 1. The van der Waals surface area contributed by atoms with Gasteiger partial charge in [0.2, 0.25) is 0 Å². The van der Waals surface area contributed by atoms with Crippen LogP contribution in [0.1, 0.15) is 0 Å². The van der Waals surface area contributed by atoms with E-state index in [1.165, 1.54) is 7.11 Å². The number of aromatic amines is 1. The smallest absolute Gasteiger partial charge is 0.181 e. The number of halogens is 1. The van der Waals surface area contributed by atoms with Crippen LogP contribution in [0, 0.1) is 0 Å². The van der Waals surface area contributed by atoms with Gasteiger partial charge in [-0.3, -0.25) is 5.10 Å². The third-order valence-electron chi connectivity index (χ3n) is 3.04. The van der Waals surface area contributed by atoms with Crippen molar-refractivity contribution in [3.8, 4) is 34.3 Å². The number of nitrogens with zero attached hydrogens (tertiary/aromatic N) is 2. The molecule has 3 aromatic rings. The fourth-order valence-electron chi connectivity index (χ4n) is 1.94. The molecule has 1 aromatic heterocycles. The Hall–Kier alpha value is -2.53. The molecule has 21 heavy (non-hydrogen) atoms. The molecule has 3 rings (SSSR count). The molecule has 0 saturated carbocycles. The molecule has 106 valence electrons. The molecule has 1 heterocycles. The monoisotopic (exact) mass is 301 g/mol. The van der Waals surface area contributed by atoms with Crippen molar-refractivity contribution in [1.29, 1.82) is 0 Å². The maximum Gasteiger partial charge on any atom is 0.181 e. The summed E-state index contributed by atoms with van der Waals surface area (Å²) in [5, 5.41) is 17.3. The molecule has 6 heteroatoms. The lowest BCUT2D eigenvalue weighted by Crippen LogP contribution is -1.86. The first-order valence-electron chi connectivity index (χ1n) is 6.23. The van der Waals surface area contributed by atoms with Crippen molar-refractivity contribution in [3.05, 3.63) is 47.5 Å². The molecule has 5 nitrogen and oxygen atoms in total. The minimum absolute atomic E-state index is 0.0784. The molecule has 0 amide bonds. The first-order chi connectivity index (χ1) is 10.2. The summed E-state index contributed by atoms with van der Waals surface area (Å²) in [5.41, 5.74) is 1.64. The van der Waals surface area contributed by atoms with Gasteiger partial charge in [0.25, 0.3) is 0 Å². The Morgan fingerprint density at radius 2 is 1.81 bits per heavy atom. The number of aromatic nitrogens is 3. The maximum atomic E-state index is 9.60. The first kappa shape index (κ1) is 13.5. The molecule has 0 atom stereocenters. The van der Waals surface area contributed by atoms with E-state index in [0.717, 1.165) is 11.1 Å². The van der Waals surface area contributed by atoms with Crippen LogP contribution < -0.4 is 4.74 Å². The third kappa shape index (κ3) is 2.68. The maximum absolute atomic E-state index is 9.60. The molecule has 0 bridgehead atoms. The zero-order chi connectivity index (χ0) is 14.8. The van der Waals surface area contributed by atoms with Crippen LogP contribution in [-0.2, 0) is 0 Å². The number of benzene rings is 2. The fraction of sp³-hybridized carbons (Fsp3) is 0.0667. The molecule has 0 unspecified atom stereocenters. The van der Waals surface area contributed by atoms with Crippen molar-refractivity contribution >= 4 is 11.6 Å². The van der Waals surface area contributed by atoms with Gasteiger partial charge in [-0.1, -0.05) is 11.6 Å². The zero-order valence-corrected chi connectivity index (χ0v) is 11.9. The summed E-state index contributed by atoms with van der Waals surface area (Å²) in [6, 6.07) is 12.3. The summed E-state index contributed by atoms with van der Waals surface area (Å²) in [4.78, 5) is 4.44. The van der Waals surface area contributed by atoms with E-state index in [0.29, 0.717) is 22.4 Å². The minimum atomic E-state index is 0.0784. The van der Waals surface area contributed by atoms with E-state index in [-0.39, 0.29) is 5.75 Å². The van der Waals surface area contributed by atoms with Crippen LogP contribution in [0.5, 0.6) is 11.5 Å². The molecule has 0 spiro atoms. The van der Waals surface area contributed by atoms with E-state index in [9.17, 15) is 5.11 Å². The molecule has 0 radical (unpaired) electrons. The summed E-state index contributed by atoms with van der Waals surface area (Å²) in [6.07, 6.45) is 0. The van der Waals surface area contributed by atoms with E-state index >= 15 is 0 Å². The standard InChI is InChI=1S/C15H12ClN3O2/c1-21-13-8-10(4-7-12(13)20)15-17-14(18-19-15)9-2-5-11(16)6-3-9/h2-8,20H,1H3,(H,17,18,19). The van der Waals surface area contributed by atoms with E-state index in [2.05, 4.69) is 15.2 Å². The number of H-pyrrole nitrogens is 1. The summed E-state index contributed by atoms with van der Waals surface area (Å²) < 4.78 is 5.08. The Labute approximate surface area is 126 Å². The van der Waals surface area contributed by atoms with Gasteiger partial charge in [-0.15, -0.1) is 0 Å². The molecular weight excluding hydrogens is 290 g/mol. The van der Waals surface area contributed by atoms with Crippen LogP contribution in [0.15, 0.2) is 42.5 Å². The summed E-state index contributed by atoms with van der Waals surface area (Å²) in [7, 11) is 1.50. The van der Waals surface area contributed by atoms with E-state index < -0.39 is 0 Å². The Morgan fingerprint density at radius 1 is 1.10 bits per heavy atom. The van der Waals surface area contributed by atoms with Crippen molar-refractivity contribution in [2.75, 3.05) is 7.11 Å². The highest BCUT2D eigenvalue weighted by molar-refractivity contribution is 6.30. The predicted molar refractivity (Wildman–Crippen MR) is 80.5 cm³/mol. The number of rotatable bonds is 3. The SMILES string of the molecule is COc1cc(-c2n[nH]c(-c3ccc(Cl)cc3)n2)ccc1O. The van der Waals surface area contributed by atoms with Crippen LogP contribution >= 0.6 is 11.6 Å². The number of methoxy groups -OCH3 is 1. The van der Waals surface area contributed by atoms with Crippen LogP contribution in [0.4, 0.5) is 0 Å². The second-order valence-electron chi connectivity index (χ2n) is 4.40. The van der Waals surface area contributed by atoms with Crippen LogP contribution in [-0.4, -0.2) is 27.4 Å². The van der Waals surface area contributed by atoms with E-state index in [1.54, 1.807) is 30.3 Å². The van der Waals surface area contributed by atoms with Crippen LogP contribution in [0.2, 0.25) is 5.02 Å². The van der Waals surface area contributed by atoms with Gasteiger partial charge in [-0.2, -0.15) is 5.10 Å². The average molecular weight is 302 g/mol. The molecule has 0 aliphatic carbocycles. The van der Waals surface area contributed by atoms with Crippen molar-refractivity contribution in [1.82, 2.24) is 15.2 Å². The highest BCUT2D eigenvalue weighted by atomic mass is 35.5. The lowest BCUT2D eigenvalue weighted by Gasteiger charge is -2.03. The van der Waals surface area contributed by atoms with Crippen molar-refractivity contribution in [2.45, 2.75) is 0 Å². The van der Waals surface area contributed by atoms with Crippen molar-refractivity contribution < 1.29 is 9.84 Å². The number of hydrogen-bond acceptors (Lipinski definition) is 4.